The second kappa shape index (κ2) is 3.75. The lowest BCUT2D eigenvalue weighted by molar-refractivity contribution is -0.128. The summed E-state index contributed by atoms with van der Waals surface area (Å²) < 4.78 is 0. The van der Waals surface area contributed by atoms with Crippen molar-refractivity contribution in [1.82, 2.24) is 9.88 Å². The SMILES string of the molecule is O=C1CC(O)CN1Cc1ccccn1. The van der Waals surface area contributed by atoms with E-state index >= 15 is 0 Å². The van der Waals surface area contributed by atoms with Crippen molar-refractivity contribution in [3.8, 4) is 0 Å². The van der Waals surface area contributed by atoms with Gasteiger partial charge in [-0.05, 0) is 12.1 Å². The number of β-amino-alcohol motifs (C(OH)–C–C–N with tert-alkyl or cyclic N) is 1. The quantitative estimate of drug-likeness (QED) is 0.727. The van der Waals surface area contributed by atoms with Gasteiger partial charge in [0.2, 0.25) is 5.91 Å². The lowest BCUT2D eigenvalue weighted by atomic mass is 10.3. The summed E-state index contributed by atoms with van der Waals surface area (Å²) in [6.45, 7) is 0.923. The van der Waals surface area contributed by atoms with Gasteiger partial charge in [-0.3, -0.25) is 9.78 Å². The van der Waals surface area contributed by atoms with Crippen LogP contribution in [0.2, 0.25) is 0 Å². The summed E-state index contributed by atoms with van der Waals surface area (Å²) >= 11 is 0. The van der Waals surface area contributed by atoms with Crippen LogP contribution >= 0.6 is 0 Å². The third kappa shape index (κ3) is 1.90. The first-order chi connectivity index (χ1) is 6.75. The Labute approximate surface area is 82.2 Å². The van der Waals surface area contributed by atoms with E-state index in [4.69, 9.17) is 0 Å². The molecule has 0 spiro atoms. The van der Waals surface area contributed by atoms with Crippen LogP contribution in [0.15, 0.2) is 24.4 Å². The van der Waals surface area contributed by atoms with E-state index in [0.717, 1.165) is 5.69 Å². The highest BCUT2D eigenvalue weighted by molar-refractivity contribution is 5.78. The minimum atomic E-state index is -0.508. The molecule has 2 rings (SSSR count). The molecular weight excluding hydrogens is 180 g/mol. The molecule has 1 aliphatic heterocycles. The van der Waals surface area contributed by atoms with Gasteiger partial charge in [-0.1, -0.05) is 6.07 Å². The molecule has 0 bridgehead atoms. The van der Waals surface area contributed by atoms with Crippen molar-refractivity contribution >= 4 is 5.91 Å². The molecule has 0 radical (unpaired) electrons. The molecule has 1 fully saturated rings. The van der Waals surface area contributed by atoms with Crippen LogP contribution in [0.4, 0.5) is 0 Å². The predicted molar refractivity (Wildman–Crippen MR) is 50.3 cm³/mol. The largest absolute Gasteiger partial charge is 0.391 e. The van der Waals surface area contributed by atoms with Crippen LogP contribution < -0.4 is 0 Å². The van der Waals surface area contributed by atoms with Gasteiger partial charge in [0, 0.05) is 12.7 Å². The number of aromatic nitrogens is 1. The topological polar surface area (TPSA) is 53.4 Å². The van der Waals surface area contributed by atoms with E-state index in [-0.39, 0.29) is 12.3 Å². The standard InChI is InChI=1S/C10H12N2O2/c13-9-5-10(14)12(7-9)6-8-3-1-2-4-11-8/h1-4,9,13H,5-7H2. The van der Waals surface area contributed by atoms with Crippen LogP contribution in [-0.2, 0) is 11.3 Å². The number of rotatable bonds is 2. The molecule has 0 saturated carbocycles. The highest BCUT2D eigenvalue weighted by atomic mass is 16.3. The Hall–Kier alpha value is -1.42. The van der Waals surface area contributed by atoms with Crippen molar-refractivity contribution in [1.29, 1.82) is 0 Å². The average Bonchev–Trinajstić information content (AvgIpc) is 2.47. The second-order valence-corrected chi connectivity index (χ2v) is 3.45. The number of hydrogen-bond donors (Lipinski definition) is 1. The molecule has 14 heavy (non-hydrogen) atoms. The summed E-state index contributed by atoms with van der Waals surface area (Å²) in [4.78, 5) is 17.1. The summed E-state index contributed by atoms with van der Waals surface area (Å²) in [6.07, 6.45) is 1.44. The minimum absolute atomic E-state index is 0.00292. The molecule has 1 aromatic rings. The summed E-state index contributed by atoms with van der Waals surface area (Å²) in [5.74, 6) is 0.00292. The normalized spacial score (nSPS) is 21.6. The molecule has 1 saturated heterocycles. The first-order valence-electron chi connectivity index (χ1n) is 4.61. The van der Waals surface area contributed by atoms with Crippen molar-refractivity contribution in [3.63, 3.8) is 0 Å². The zero-order chi connectivity index (χ0) is 9.97. The first kappa shape index (κ1) is 9.15. The van der Waals surface area contributed by atoms with Crippen LogP contribution in [0.3, 0.4) is 0 Å². The van der Waals surface area contributed by atoms with Crippen LogP contribution in [0.1, 0.15) is 12.1 Å². The minimum Gasteiger partial charge on any atom is -0.391 e. The molecule has 2 heterocycles. The van der Waals surface area contributed by atoms with Gasteiger partial charge in [-0.2, -0.15) is 0 Å². The van der Waals surface area contributed by atoms with Gasteiger partial charge in [0.05, 0.1) is 24.8 Å². The van der Waals surface area contributed by atoms with Gasteiger partial charge in [-0.15, -0.1) is 0 Å². The van der Waals surface area contributed by atoms with E-state index in [9.17, 15) is 9.90 Å². The van der Waals surface area contributed by atoms with Crippen molar-refractivity contribution < 1.29 is 9.90 Å². The van der Waals surface area contributed by atoms with Gasteiger partial charge in [-0.25, -0.2) is 0 Å². The number of likely N-dealkylation sites (tertiary alicyclic amines) is 1. The summed E-state index contributed by atoms with van der Waals surface area (Å²) in [6, 6.07) is 5.60. The van der Waals surface area contributed by atoms with E-state index in [1.165, 1.54) is 0 Å². The molecule has 4 nitrogen and oxygen atoms in total. The Morgan fingerprint density at radius 3 is 3.00 bits per heavy atom. The Balaban J connectivity index is 2.02. The first-order valence-corrected chi connectivity index (χ1v) is 4.61. The smallest absolute Gasteiger partial charge is 0.225 e. The molecule has 1 N–H and O–H groups in total. The average molecular weight is 192 g/mol. The Bertz CT molecular complexity index is 326. The van der Waals surface area contributed by atoms with Crippen molar-refractivity contribution in [2.75, 3.05) is 6.54 Å². The fourth-order valence-corrected chi connectivity index (χ4v) is 1.59. The van der Waals surface area contributed by atoms with Crippen LogP contribution in [-0.4, -0.2) is 33.5 Å². The number of hydrogen-bond acceptors (Lipinski definition) is 3. The van der Waals surface area contributed by atoms with Gasteiger partial charge in [0.1, 0.15) is 0 Å². The molecule has 1 aliphatic rings. The van der Waals surface area contributed by atoms with Crippen LogP contribution in [0, 0.1) is 0 Å². The maximum atomic E-state index is 11.3. The molecule has 1 amide bonds. The molecule has 1 aromatic heterocycles. The lowest BCUT2D eigenvalue weighted by Crippen LogP contribution is -2.25. The number of carbonyl (C=O) groups is 1. The fraction of sp³-hybridized carbons (Fsp3) is 0.400. The second-order valence-electron chi connectivity index (χ2n) is 3.45. The molecule has 0 aromatic carbocycles. The highest BCUT2D eigenvalue weighted by Gasteiger charge is 2.27. The third-order valence-corrected chi connectivity index (χ3v) is 2.27. The Kier molecular flexibility index (Phi) is 2.45. The molecule has 0 aliphatic carbocycles. The lowest BCUT2D eigenvalue weighted by Gasteiger charge is -2.14. The van der Waals surface area contributed by atoms with Crippen LogP contribution in [0.5, 0.6) is 0 Å². The van der Waals surface area contributed by atoms with E-state index in [2.05, 4.69) is 4.98 Å². The van der Waals surface area contributed by atoms with Gasteiger partial charge in [0.25, 0.3) is 0 Å². The summed E-state index contributed by atoms with van der Waals surface area (Å²) in [5.41, 5.74) is 0.856. The number of aliphatic hydroxyl groups excluding tert-OH is 1. The maximum absolute atomic E-state index is 11.3. The molecule has 4 heteroatoms. The highest BCUT2D eigenvalue weighted by Crippen LogP contribution is 2.13. The van der Waals surface area contributed by atoms with Crippen molar-refractivity contribution in [2.24, 2.45) is 0 Å². The van der Waals surface area contributed by atoms with Crippen molar-refractivity contribution in [3.05, 3.63) is 30.1 Å². The van der Waals surface area contributed by atoms with E-state index in [1.807, 2.05) is 18.2 Å². The molecule has 74 valence electrons. The summed E-state index contributed by atoms with van der Waals surface area (Å²) in [7, 11) is 0. The number of carbonyl (C=O) groups excluding carboxylic acids is 1. The number of pyridine rings is 1. The van der Waals surface area contributed by atoms with Crippen molar-refractivity contribution in [2.45, 2.75) is 19.1 Å². The van der Waals surface area contributed by atoms with E-state index < -0.39 is 6.10 Å². The van der Waals surface area contributed by atoms with Gasteiger partial charge in [0.15, 0.2) is 0 Å². The van der Waals surface area contributed by atoms with Gasteiger partial charge < -0.3 is 10.0 Å². The number of amides is 1. The maximum Gasteiger partial charge on any atom is 0.225 e. The molecule has 1 unspecified atom stereocenters. The zero-order valence-corrected chi connectivity index (χ0v) is 7.76. The molecular formula is C10H12N2O2. The fourth-order valence-electron chi connectivity index (χ4n) is 1.59. The third-order valence-electron chi connectivity index (χ3n) is 2.27. The monoisotopic (exact) mass is 192 g/mol. The van der Waals surface area contributed by atoms with E-state index in [1.54, 1.807) is 11.1 Å². The number of aliphatic hydroxyl groups is 1. The Morgan fingerprint density at radius 2 is 2.43 bits per heavy atom. The molecule has 1 atom stereocenters. The van der Waals surface area contributed by atoms with Crippen LogP contribution in [0.25, 0.3) is 0 Å². The Morgan fingerprint density at radius 1 is 1.57 bits per heavy atom. The van der Waals surface area contributed by atoms with E-state index in [0.29, 0.717) is 13.1 Å². The number of nitrogens with zero attached hydrogens (tertiary/aromatic N) is 2. The van der Waals surface area contributed by atoms with Gasteiger partial charge >= 0.3 is 0 Å². The summed E-state index contributed by atoms with van der Waals surface area (Å²) in [5, 5.41) is 9.27. The predicted octanol–water partition coefficient (Wildman–Crippen LogP) is 0.175. The zero-order valence-electron chi connectivity index (χ0n) is 7.76.